The summed E-state index contributed by atoms with van der Waals surface area (Å²) < 4.78 is 0. The first-order chi connectivity index (χ1) is 8.65. The fourth-order valence-electron chi connectivity index (χ4n) is 1.79. The average Bonchev–Trinajstić information content (AvgIpc) is 2.30. The van der Waals surface area contributed by atoms with Gasteiger partial charge in [0.2, 0.25) is 5.95 Å². The third kappa shape index (κ3) is 3.10. The minimum Gasteiger partial charge on any atom is -0.383 e. The first-order valence-corrected chi connectivity index (χ1v) is 5.83. The fourth-order valence-corrected chi connectivity index (χ4v) is 1.79. The van der Waals surface area contributed by atoms with E-state index in [0.29, 0.717) is 11.6 Å². The van der Waals surface area contributed by atoms with Gasteiger partial charge in [-0.3, -0.25) is 0 Å². The van der Waals surface area contributed by atoms with Gasteiger partial charge in [0.1, 0.15) is 11.6 Å². The van der Waals surface area contributed by atoms with E-state index in [4.69, 9.17) is 11.5 Å². The van der Waals surface area contributed by atoms with Crippen molar-refractivity contribution in [1.82, 2.24) is 9.97 Å². The second kappa shape index (κ2) is 5.35. The number of rotatable bonds is 4. The summed E-state index contributed by atoms with van der Waals surface area (Å²) in [6.07, 6.45) is 0.927. The summed E-state index contributed by atoms with van der Waals surface area (Å²) in [6, 6.07) is 9.99. The van der Waals surface area contributed by atoms with Crippen LogP contribution < -0.4 is 16.8 Å². The van der Waals surface area contributed by atoms with Gasteiger partial charge in [-0.1, -0.05) is 24.3 Å². The highest BCUT2D eigenvalue weighted by Gasteiger charge is 2.00. The molecule has 2 rings (SSSR count). The number of anilines is 3. The standard InChI is InChI=1S/C13H17N5/c1-9-4-2-3-5-10(9)6-7-16-12-8-11(14)17-13(15)18-12/h2-5,8H,6-7H2,1H3,(H5,14,15,16,17,18). The van der Waals surface area contributed by atoms with E-state index in [9.17, 15) is 0 Å². The second-order valence-corrected chi connectivity index (χ2v) is 4.14. The summed E-state index contributed by atoms with van der Waals surface area (Å²) in [6.45, 7) is 2.89. The van der Waals surface area contributed by atoms with Crippen LogP contribution in [-0.2, 0) is 6.42 Å². The highest BCUT2D eigenvalue weighted by atomic mass is 15.1. The smallest absolute Gasteiger partial charge is 0.223 e. The molecule has 0 amide bonds. The first kappa shape index (κ1) is 12.2. The lowest BCUT2D eigenvalue weighted by Gasteiger charge is -2.08. The Bertz CT molecular complexity index is 518. The van der Waals surface area contributed by atoms with Crippen LogP contribution in [0.5, 0.6) is 0 Å². The number of hydrogen-bond acceptors (Lipinski definition) is 5. The number of benzene rings is 1. The largest absolute Gasteiger partial charge is 0.383 e. The Morgan fingerprint density at radius 1 is 1.17 bits per heavy atom. The van der Waals surface area contributed by atoms with Gasteiger partial charge < -0.3 is 16.8 Å². The molecule has 0 unspecified atom stereocenters. The van der Waals surface area contributed by atoms with Crippen molar-refractivity contribution in [2.75, 3.05) is 23.3 Å². The van der Waals surface area contributed by atoms with Crippen molar-refractivity contribution in [2.45, 2.75) is 13.3 Å². The number of hydrogen-bond donors (Lipinski definition) is 3. The van der Waals surface area contributed by atoms with Gasteiger partial charge in [-0.2, -0.15) is 9.97 Å². The lowest BCUT2D eigenvalue weighted by Crippen LogP contribution is -2.09. The maximum Gasteiger partial charge on any atom is 0.223 e. The van der Waals surface area contributed by atoms with Crippen LogP contribution in [0.4, 0.5) is 17.6 Å². The van der Waals surface area contributed by atoms with Gasteiger partial charge in [-0.15, -0.1) is 0 Å². The van der Waals surface area contributed by atoms with Crippen molar-refractivity contribution in [2.24, 2.45) is 0 Å². The molecule has 0 radical (unpaired) electrons. The third-order valence-corrected chi connectivity index (χ3v) is 2.72. The van der Waals surface area contributed by atoms with Crippen LogP contribution in [0.15, 0.2) is 30.3 Å². The topological polar surface area (TPSA) is 89.8 Å². The molecule has 0 fully saturated rings. The maximum atomic E-state index is 5.60. The van der Waals surface area contributed by atoms with Crippen molar-refractivity contribution < 1.29 is 0 Å². The van der Waals surface area contributed by atoms with Crippen LogP contribution in [0.1, 0.15) is 11.1 Å². The fraction of sp³-hybridized carbons (Fsp3) is 0.231. The Labute approximate surface area is 106 Å². The quantitative estimate of drug-likeness (QED) is 0.759. The number of nitrogen functional groups attached to an aromatic ring is 2. The third-order valence-electron chi connectivity index (χ3n) is 2.72. The van der Waals surface area contributed by atoms with Crippen LogP contribution in [0.3, 0.4) is 0 Å². The molecule has 1 aromatic carbocycles. The molecule has 1 aromatic heterocycles. The lowest BCUT2D eigenvalue weighted by atomic mass is 10.1. The Hall–Kier alpha value is -2.30. The van der Waals surface area contributed by atoms with Crippen LogP contribution in [0.25, 0.3) is 0 Å². The molecule has 0 aliphatic carbocycles. The molecule has 0 bridgehead atoms. The Morgan fingerprint density at radius 2 is 1.94 bits per heavy atom. The van der Waals surface area contributed by atoms with E-state index in [1.807, 2.05) is 12.1 Å². The molecule has 0 saturated carbocycles. The minimum absolute atomic E-state index is 0.188. The van der Waals surface area contributed by atoms with Gasteiger partial charge in [0.05, 0.1) is 0 Å². The second-order valence-electron chi connectivity index (χ2n) is 4.14. The minimum atomic E-state index is 0.188. The molecule has 5 heteroatoms. The lowest BCUT2D eigenvalue weighted by molar-refractivity contribution is 0.991. The van der Waals surface area contributed by atoms with E-state index >= 15 is 0 Å². The summed E-state index contributed by atoms with van der Waals surface area (Å²) in [5, 5.41) is 3.19. The predicted octanol–water partition coefficient (Wildman–Crippen LogP) is 1.60. The normalized spacial score (nSPS) is 10.3. The van der Waals surface area contributed by atoms with Crippen molar-refractivity contribution >= 4 is 17.6 Å². The number of aromatic nitrogens is 2. The molecule has 18 heavy (non-hydrogen) atoms. The zero-order valence-electron chi connectivity index (χ0n) is 10.4. The van der Waals surface area contributed by atoms with Gasteiger partial charge in [0, 0.05) is 12.6 Å². The molecule has 0 saturated heterocycles. The van der Waals surface area contributed by atoms with E-state index in [-0.39, 0.29) is 5.95 Å². The van der Waals surface area contributed by atoms with E-state index in [1.54, 1.807) is 6.07 Å². The summed E-state index contributed by atoms with van der Waals surface area (Å²) in [7, 11) is 0. The zero-order valence-corrected chi connectivity index (χ0v) is 10.4. The van der Waals surface area contributed by atoms with Gasteiger partial charge in [-0.05, 0) is 24.5 Å². The molecular weight excluding hydrogens is 226 g/mol. The van der Waals surface area contributed by atoms with Crippen LogP contribution in [0, 0.1) is 6.92 Å². The number of nitrogens with two attached hydrogens (primary N) is 2. The van der Waals surface area contributed by atoms with Gasteiger partial charge in [0.25, 0.3) is 0 Å². The Kier molecular flexibility index (Phi) is 3.62. The van der Waals surface area contributed by atoms with Gasteiger partial charge >= 0.3 is 0 Å². The van der Waals surface area contributed by atoms with Crippen molar-refractivity contribution in [3.05, 3.63) is 41.5 Å². The first-order valence-electron chi connectivity index (χ1n) is 5.83. The summed E-state index contributed by atoms with van der Waals surface area (Å²) in [5.41, 5.74) is 13.7. The van der Waals surface area contributed by atoms with Gasteiger partial charge in [-0.25, -0.2) is 0 Å². The summed E-state index contributed by atoms with van der Waals surface area (Å²) in [5.74, 6) is 1.22. The molecule has 94 valence electrons. The molecular formula is C13H17N5. The van der Waals surface area contributed by atoms with Crippen LogP contribution in [0.2, 0.25) is 0 Å². The summed E-state index contributed by atoms with van der Waals surface area (Å²) >= 11 is 0. The molecule has 2 aromatic rings. The molecule has 0 spiro atoms. The number of nitrogens with one attached hydrogen (secondary N) is 1. The number of nitrogens with zero attached hydrogens (tertiary/aromatic N) is 2. The molecule has 0 aliphatic heterocycles. The molecule has 5 N–H and O–H groups in total. The van der Waals surface area contributed by atoms with E-state index in [1.165, 1.54) is 11.1 Å². The van der Waals surface area contributed by atoms with E-state index in [2.05, 4.69) is 34.3 Å². The van der Waals surface area contributed by atoms with Gasteiger partial charge in [0.15, 0.2) is 0 Å². The van der Waals surface area contributed by atoms with Crippen molar-refractivity contribution in [1.29, 1.82) is 0 Å². The highest BCUT2D eigenvalue weighted by Crippen LogP contribution is 2.11. The zero-order chi connectivity index (χ0) is 13.0. The Balaban J connectivity index is 1.94. The predicted molar refractivity (Wildman–Crippen MR) is 74.2 cm³/mol. The molecule has 1 heterocycles. The maximum absolute atomic E-state index is 5.60. The molecule has 0 atom stereocenters. The van der Waals surface area contributed by atoms with Crippen molar-refractivity contribution in [3.8, 4) is 0 Å². The summed E-state index contributed by atoms with van der Waals surface area (Å²) in [4.78, 5) is 7.88. The van der Waals surface area contributed by atoms with Crippen molar-refractivity contribution in [3.63, 3.8) is 0 Å². The van der Waals surface area contributed by atoms with Crippen LogP contribution >= 0.6 is 0 Å². The SMILES string of the molecule is Cc1ccccc1CCNc1cc(N)nc(N)n1. The average molecular weight is 243 g/mol. The highest BCUT2D eigenvalue weighted by molar-refractivity contribution is 5.48. The van der Waals surface area contributed by atoms with E-state index in [0.717, 1.165) is 13.0 Å². The molecule has 0 aliphatic rings. The monoisotopic (exact) mass is 243 g/mol. The number of aryl methyl sites for hydroxylation is 1. The van der Waals surface area contributed by atoms with Crippen LogP contribution in [-0.4, -0.2) is 16.5 Å². The van der Waals surface area contributed by atoms with E-state index < -0.39 is 0 Å². The Morgan fingerprint density at radius 3 is 2.67 bits per heavy atom. The molecule has 5 nitrogen and oxygen atoms in total.